The van der Waals surface area contributed by atoms with Gasteiger partial charge in [0.15, 0.2) is 5.13 Å². The molecule has 0 saturated heterocycles. The second kappa shape index (κ2) is 3.47. The number of halogens is 1. The van der Waals surface area contributed by atoms with Gasteiger partial charge in [-0.3, -0.25) is 4.40 Å². The van der Waals surface area contributed by atoms with Crippen LogP contribution < -0.4 is 5.73 Å². The van der Waals surface area contributed by atoms with Crippen LogP contribution in [0.5, 0.6) is 0 Å². The Kier molecular flexibility index (Phi) is 2.08. The summed E-state index contributed by atoms with van der Waals surface area (Å²) in [4.78, 5) is 9.30. The van der Waals surface area contributed by atoms with E-state index in [9.17, 15) is 0 Å². The van der Waals surface area contributed by atoms with Crippen LogP contribution in [0.25, 0.3) is 16.2 Å². The first-order chi connectivity index (χ1) is 7.74. The van der Waals surface area contributed by atoms with E-state index in [0.29, 0.717) is 10.2 Å². The van der Waals surface area contributed by atoms with E-state index in [2.05, 4.69) is 9.97 Å². The number of nitrogens with two attached hydrogens (primary N) is 1. The zero-order valence-electron chi connectivity index (χ0n) is 8.09. The minimum atomic E-state index is 0.555. The topological polar surface area (TPSA) is 56.2 Å². The summed E-state index contributed by atoms with van der Waals surface area (Å²) in [6.45, 7) is 0. The predicted octanol–water partition coefficient (Wildman–Crippen LogP) is 2.69. The summed E-state index contributed by atoms with van der Waals surface area (Å²) in [6.07, 6.45) is 5.42. The van der Waals surface area contributed by atoms with Crippen molar-refractivity contribution in [2.24, 2.45) is 0 Å². The van der Waals surface area contributed by atoms with Gasteiger partial charge >= 0.3 is 0 Å². The maximum absolute atomic E-state index is 5.89. The lowest BCUT2D eigenvalue weighted by atomic mass is 10.4. The largest absolute Gasteiger partial charge is 0.375 e. The molecule has 0 bridgehead atoms. The molecule has 3 heterocycles. The molecular weight excluding hydrogens is 244 g/mol. The molecule has 6 heteroatoms. The van der Waals surface area contributed by atoms with Crippen LogP contribution in [-0.2, 0) is 0 Å². The highest BCUT2D eigenvalue weighted by Gasteiger charge is 2.08. The molecule has 0 aliphatic rings. The smallest absolute Gasteiger partial charge is 0.180 e. The van der Waals surface area contributed by atoms with Gasteiger partial charge in [0.2, 0.25) is 0 Å². The molecule has 3 aromatic rings. The van der Waals surface area contributed by atoms with Gasteiger partial charge in [0.1, 0.15) is 5.65 Å². The molecule has 80 valence electrons. The summed E-state index contributed by atoms with van der Waals surface area (Å²) in [6, 6.07) is 3.64. The summed E-state index contributed by atoms with van der Waals surface area (Å²) in [5.41, 5.74) is 7.40. The Morgan fingerprint density at radius 1 is 1.31 bits per heavy atom. The molecule has 2 N–H and O–H groups in total. The van der Waals surface area contributed by atoms with Crippen LogP contribution in [0.4, 0.5) is 5.13 Å². The SMILES string of the molecule is Nc1ncc(-c2cnc3cc(Cl)ccn23)s1. The van der Waals surface area contributed by atoms with Gasteiger partial charge < -0.3 is 5.73 Å². The quantitative estimate of drug-likeness (QED) is 0.722. The molecule has 16 heavy (non-hydrogen) atoms. The van der Waals surface area contributed by atoms with Gasteiger partial charge in [0.05, 0.1) is 16.8 Å². The summed E-state index contributed by atoms with van der Waals surface area (Å²) in [5, 5.41) is 1.23. The molecule has 0 saturated carbocycles. The van der Waals surface area contributed by atoms with Crippen LogP contribution in [-0.4, -0.2) is 14.4 Å². The fourth-order valence-corrected chi connectivity index (χ4v) is 2.39. The van der Waals surface area contributed by atoms with E-state index in [-0.39, 0.29) is 0 Å². The Labute approximate surface area is 100 Å². The molecule has 0 atom stereocenters. The van der Waals surface area contributed by atoms with Gasteiger partial charge in [0.25, 0.3) is 0 Å². The number of nitrogens with zero attached hydrogens (tertiary/aromatic N) is 3. The van der Waals surface area contributed by atoms with E-state index >= 15 is 0 Å². The Morgan fingerprint density at radius 3 is 2.94 bits per heavy atom. The molecular formula is C10H7ClN4S. The lowest BCUT2D eigenvalue weighted by Gasteiger charge is -1.98. The summed E-state index contributed by atoms with van der Waals surface area (Å²) >= 11 is 7.33. The van der Waals surface area contributed by atoms with Gasteiger partial charge in [-0.2, -0.15) is 0 Å². The van der Waals surface area contributed by atoms with Gasteiger partial charge in [-0.05, 0) is 6.07 Å². The fourth-order valence-electron chi connectivity index (χ4n) is 1.54. The average Bonchev–Trinajstić information content (AvgIpc) is 2.83. The minimum absolute atomic E-state index is 0.555. The van der Waals surface area contributed by atoms with Crippen LogP contribution in [0.3, 0.4) is 0 Å². The number of aromatic nitrogens is 3. The maximum atomic E-state index is 5.89. The Balaban J connectivity index is 2.25. The van der Waals surface area contributed by atoms with Crippen molar-refractivity contribution in [3.05, 3.63) is 35.7 Å². The van der Waals surface area contributed by atoms with Crippen molar-refractivity contribution in [3.63, 3.8) is 0 Å². The Bertz CT molecular complexity index is 658. The third-order valence-electron chi connectivity index (χ3n) is 2.25. The molecule has 0 spiro atoms. The number of rotatable bonds is 1. The Morgan fingerprint density at radius 2 is 2.19 bits per heavy atom. The van der Waals surface area contributed by atoms with Crippen LogP contribution in [0.1, 0.15) is 0 Å². The van der Waals surface area contributed by atoms with Crippen LogP contribution in [0, 0.1) is 0 Å². The van der Waals surface area contributed by atoms with Gasteiger partial charge in [-0.1, -0.05) is 22.9 Å². The number of fused-ring (bicyclic) bond motifs is 1. The number of imidazole rings is 1. The third-order valence-corrected chi connectivity index (χ3v) is 3.34. The zero-order valence-corrected chi connectivity index (χ0v) is 9.66. The van der Waals surface area contributed by atoms with Crippen molar-refractivity contribution < 1.29 is 0 Å². The van der Waals surface area contributed by atoms with Crippen LogP contribution in [0.15, 0.2) is 30.7 Å². The van der Waals surface area contributed by atoms with E-state index in [4.69, 9.17) is 17.3 Å². The first-order valence-electron chi connectivity index (χ1n) is 4.58. The van der Waals surface area contributed by atoms with Gasteiger partial charge in [0, 0.05) is 23.5 Å². The van der Waals surface area contributed by atoms with Gasteiger partial charge in [-0.15, -0.1) is 0 Å². The maximum Gasteiger partial charge on any atom is 0.180 e. The number of hydrogen-bond donors (Lipinski definition) is 1. The number of nitrogen functional groups attached to an aromatic ring is 1. The van der Waals surface area contributed by atoms with Crippen molar-refractivity contribution in [2.75, 3.05) is 5.73 Å². The molecule has 0 aliphatic heterocycles. The molecule has 0 unspecified atom stereocenters. The normalized spacial score (nSPS) is 11.1. The number of thiazole rings is 1. The van der Waals surface area contributed by atoms with Gasteiger partial charge in [-0.25, -0.2) is 9.97 Å². The first-order valence-corrected chi connectivity index (χ1v) is 5.78. The summed E-state index contributed by atoms with van der Waals surface area (Å²) < 4.78 is 1.96. The molecule has 3 aromatic heterocycles. The van der Waals surface area contributed by atoms with E-state index in [1.165, 1.54) is 11.3 Å². The predicted molar refractivity (Wildman–Crippen MR) is 65.7 cm³/mol. The number of pyridine rings is 1. The average molecular weight is 251 g/mol. The molecule has 0 aromatic carbocycles. The van der Waals surface area contributed by atoms with E-state index in [0.717, 1.165) is 16.2 Å². The zero-order chi connectivity index (χ0) is 11.1. The van der Waals surface area contributed by atoms with Crippen molar-refractivity contribution in [1.82, 2.24) is 14.4 Å². The number of hydrogen-bond acceptors (Lipinski definition) is 4. The van der Waals surface area contributed by atoms with Crippen LogP contribution >= 0.6 is 22.9 Å². The second-order valence-corrected chi connectivity index (χ2v) is 4.78. The lowest BCUT2D eigenvalue weighted by molar-refractivity contribution is 1.19. The highest BCUT2D eigenvalue weighted by molar-refractivity contribution is 7.18. The monoisotopic (exact) mass is 250 g/mol. The standard InChI is InChI=1S/C10H7ClN4S/c11-6-1-2-15-7(4-13-9(15)3-6)8-5-14-10(12)16-8/h1-5H,(H2,12,14). The fraction of sp³-hybridized carbons (Fsp3) is 0. The van der Waals surface area contributed by atoms with E-state index in [1.54, 1.807) is 12.4 Å². The molecule has 0 fully saturated rings. The minimum Gasteiger partial charge on any atom is -0.375 e. The molecule has 0 radical (unpaired) electrons. The highest BCUT2D eigenvalue weighted by atomic mass is 35.5. The Hall–Kier alpha value is -1.59. The van der Waals surface area contributed by atoms with Crippen LogP contribution in [0.2, 0.25) is 5.02 Å². The molecule has 4 nitrogen and oxygen atoms in total. The number of anilines is 1. The van der Waals surface area contributed by atoms with Crippen molar-refractivity contribution in [3.8, 4) is 10.6 Å². The van der Waals surface area contributed by atoms with Crippen molar-refractivity contribution in [2.45, 2.75) is 0 Å². The summed E-state index contributed by atoms with van der Waals surface area (Å²) in [5.74, 6) is 0. The van der Waals surface area contributed by atoms with E-state index < -0.39 is 0 Å². The van der Waals surface area contributed by atoms with Crippen molar-refractivity contribution >= 4 is 33.7 Å². The third kappa shape index (κ3) is 1.45. The molecule has 0 aliphatic carbocycles. The summed E-state index contributed by atoms with van der Waals surface area (Å²) in [7, 11) is 0. The lowest BCUT2D eigenvalue weighted by Crippen LogP contribution is -1.85. The highest BCUT2D eigenvalue weighted by Crippen LogP contribution is 2.28. The molecule has 3 rings (SSSR count). The van der Waals surface area contributed by atoms with Crippen molar-refractivity contribution in [1.29, 1.82) is 0 Å². The second-order valence-electron chi connectivity index (χ2n) is 3.28. The molecule has 0 amide bonds. The first kappa shape index (κ1) is 9.62. The van der Waals surface area contributed by atoms with E-state index in [1.807, 2.05) is 22.7 Å².